The van der Waals surface area contributed by atoms with Crippen LogP contribution in [0, 0.1) is 0 Å². The maximum absolute atomic E-state index is 13.1. The number of aryl methyl sites for hydroxylation is 1. The number of aromatic nitrogens is 3. The van der Waals surface area contributed by atoms with Crippen LogP contribution in [0.5, 0.6) is 0 Å². The third kappa shape index (κ3) is 5.02. The van der Waals surface area contributed by atoms with Crippen LogP contribution in [0.3, 0.4) is 0 Å². The lowest BCUT2D eigenvalue weighted by Gasteiger charge is -2.33. The lowest BCUT2D eigenvalue weighted by atomic mass is 9.93. The number of carbonyl (C=O) groups excluding carboxylic acids is 1. The van der Waals surface area contributed by atoms with E-state index in [1.807, 2.05) is 39.0 Å². The second kappa shape index (κ2) is 8.43. The minimum absolute atomic E-state index is 0.275. The molecule has 9 heteroatoms. The van der Waals surface area contributed by atoms with Gasteiger partial charge in [0.05, 0.1) is 5.69 Å². The second-order valence-corrected chi connectivity index (χ2v) is 9.50. The van der Waals surface area contributed by atoms with E-state index in [4.69, 9.17) is 4.74 Å². The van der Waals surface area contributed by atoms with E-state index in [0.717, 1.165) is 35.5 Å². The third-order valence-corrected chi connectivity index (χ3v) is 5.89. The van der Waals surface area contributed by atoms with Gasteiger partial charge in [-0.1, -0.05) is 6.07 Å². The van der Waals surface area contributed by atoms with Gasteiger partial charge < -0.3 is 14.6 Å². The molecule has 2 aromatic heterocycles. The summed E-state index contributed by atoms with van der Waals surface area (Å²) in [5.74, 6) is 0.275. The normalized spacial score (nSPS) is 15.9. The van der Waals surface area contributed by atoms with Gasteiger partial charge in [0, 0.05) is 47.7 Å². The number of H-pyrrole nitrogens is 1. The number of aromatic amines is 1. The molecule has 1 N–H and O–H groups in total. The minimum Gasteiger partial charge on any atom is -0.444 e. The molecule has 178 valence electrons. The number of fused-ring (bicyclic) bond motifs is 1. The van der Waals surface area contributed by atoms with Crippen molar-refractivity contribution in [1.82, 2.24) is 19.7 Å². The summed E-state index contributed by atoms with van der Waals surface area (Å²) in [5, 5.41) is 4.66. The Bertz CT molecular complexity index is 1150. The molecule has 4 rings (SSSR count). The molecule has 1 amide bonds. The number of carbonyl (C=O) groups is 1. The summed E-state index contributed by atoms with van der Waals surface area (Å²) in [6, 6.07) is 8.77. The number of rotatable bonds is 3. The van der Waals surface area contributed by atoms with Gasteiger partial charge >= 0.3 is 12.3 Å². The van der Waals surface area contributed by atoms with E-state index in [1.165, 1.54) is 4.68 Å². The number of hydrogen-bond acceptors (Lipinski definition) is 3. The minimum atomic E-state index is -4.48. The van der Waals surface area contributed by atoms with Crippen molar-refractivity contribution in [1.29, 1.82) is 0 Å². The quantitative estimate of drug-likeness (QED) is 0.505. The summed E-state index contributed by atoms with van der Waals surface area (Å²) in [4.78, 5) is 17.5. The predicted molar refractivity (Wildman–Crippen MR) is 120 cm³/mol. The number of alkyl halides is 3. The van der Waals surface area contributed by atoms with Crippen molar-refractivity contribution in [3.05, 3.63) is 41.7 Å². The van der Waals surface area contributed by atoms with Crippen molar-refractivity contribution in [2.45, 2.75) is 64.8 Å². The first-order valence-electron chi connectivity index (χ1n) is 11.2. The number of piperidine rings is 1. The van der Waals surface area contributed by atoms with Crippen LogP contribution in [0.4, 0.5) is 18.0 Å². The zero-order valence-corrected chi connectivity index (χ0v) is 19.3. The molecule has 1 aliphatic rings. The number of ether oxygens (including phenoxy) is 1. The lowest BCUT2D eigenvalue weighted by molar-refractivity contribution is -0.141. The Morgan fingerprint density at radius 3 is 2.45 bits per heavy atom. The molecule has 0 saturated carbocycles. The Hall–Kier alpha value is -2.97. The first kappa shape index (κ1) is 23.2. The monoisotopic (exact) mass is 462 g/mol. The van der Waals surface area contributed by atoms with Crippen molar-refractivity contribution in [2.24, 2.45) is 0 Å². The molecule has 0 spiro atoms. The molecule has 1 aromatic carbocycles. The SMILES string of the molecule is CCn1nc(C(F)(F)F)cc1-c1ccc2[nH]c(C3CCN(C(=O)OC(C)(C)C)CC3)cc2c1. The molecule has 1 saturated heterocycles. The molecule has 3 heterocycles. The molecule has 0 unspecified atom stereocenters. The number of hydrogen-bond donors (Lipinski definition) is 1. The molecule has 3 aromatic rings. The Labute approximate surface area is 190 Å². The van der Waals surface area contributed by atoms with E-state index in [0.29, 0.717) is 30.9 Å². The summed E-state index contributed by atoms with van der Waals surface area (Å²) < 4.78 is 46.3. The lowest BCUT2D eigenvalue weighted by Crippen LogP contribution is -2.41. The maximum Gasteiger partial charge on any atom is 0.435 e. The summed E-state index contributed by atoms with van der Waals surface area (Å²) in [6.45, 7) is 8.92. The van der Waals surface area contributed by atoms with E-state index in [2.05, 4.69) is 16.1 Å². The largest absolute Gasteiger partial charge is 0.444 e. The molecular weight excluding hydrogens is 433 g/mol. The van der Waals surface area contributed by atoms with Crippen LogP contribution >= 0.6 is 0 Å². The number of nitrogens with one attached hydrogen (secondary N) is 1. The maximum atomic E-state index is 13.1. The Morgan fingerprint density at radius 2 is 1.85 bits per heavy atom. The first-order valence-corrected chi connectivity index (χ1v) is 11.2. The molecule has 1 aliphatic heterocycles. The summed E-state index contributed by atoms with van der Waals surface area (Å²) in [5.41, 5.74) is 1.74. The van der Waals surface area contributed by atoms with Crippen molar-refractivity contribution in [2.75, 3.05) is 13.1 Å². The van der Waals surface area contributed by atoms with E-state index < -0.39 is 17.5 Å². The van der Waals surface area contributed by atoms with Crippen LogP contribution in [-0.4, -0.2) is 44.4 Å². The molecule has 1 fully saturated rings. The summed E-state index contributed by atoms with van der Waals surface area (Å²) >= 11 is 0. The number of halogens is 3. The number of likely N-dealkylation sites (tertiary alicyclic amines) is 1. The highest BCUT2D eigenvalue weighted by molar-refractivity contribution is 5.85. The zero-order valence-electron chi connectivity index (χ0n) is 19.3. The standard InChI is InChI=1S/C24H29F3N4O2/c1-5-31-20(14-21(29-31)24(25,26)27)16-6-7-18-17(12-16)13-19(28-18)15-8-10-30(11-9-15)22(32)33-23(2,3)4/h6-7,12-15,28H,5,8-11H2,1-4H3. The average Bonchev–Trinajstić information content (AvgIpc) is 3.36. The van der Waals surface area contributed by atoms with Gasteiger partial charge in [-0.05, 0) is 64.8 Å². The van der Waals surface area contributed by atoms with Gasteiger partial charge in [0.1, 0.15) is 5.60 Å². The van der Waals surface area contributed by atoms with E-state index in [-0.39, 0.29) is 12.0 Å². The summed E-state index contributed by atoms with van der Waals surface area (Å²) in [6.07, 6.45) is -3.13. The first-order chi connectivity index (χ1) is 15.4. The molecule has 33 heavy (non-hydrogen) atoms. The van der Waals surface area contributed by atoms with Crippen LogP contribution in [0.1, 0.15) is 57.8 Å². The van der Waals surface area contributed by atoms with Crippen LogP contribution < -0.4 is 0 Å². The van der Waals surface area contributed by atoms with Gasteiger partial charge in [-0.25, -0.2) is 4.79 Å². The highest BCUT2D eigenvalue weighted by atomic mass is 19.4. The van der Waals surface area contributed by atoms with Gasteiger partial charge in [0.2, 0.25) is 0 Å². The Morgan fingerprint density at radius 1 is 1.15 bits per heavy atom. The average molecular weight is 463 g/mol. The van der Waals surface area contributed by atoms with Gasteiger partial charge in [-0.3, -0.25) is 4.68 Å². The fourth-order valence-electron chi connectivity index (χ4n) is 4.26. The van der Waals surface area contributed by atoms with Crippen LogP contribution in [0.2, 0.25) is 0 Å². The smallest absolute Gasteiger partial charge is 0.435 e. The molecule has 0 radical (unpaired) electrons. The zero-order chi connectivity index (χ0) is 24.0. The summed E-state index contributed by atoms with van der Waals surface area (Å²) in [7, 11) is 0. The highest BCUT2D eigenvalue weighted by Gasteiger charge is 2.35. The molecule has 0 aliphatic carbocycles. The Balaban J connectivity index is 1.52. The predicted octanol–water partition coefficient (Wildman–Crippen LogP) is 6.18. The topological polar surface area (TPSA) is 63.2 Å². The van der Waals surface area contributed by atoms with Gasteiger partial charge in [-0.15, -0.1) is 0 Å². The van der Waals surface area contributed by atoms with Gasteiger partial charge in [0.25, 0.3) is 0 Å². The van der Waals surface area contributed by atoms with Crippen LogP contribution in [0.15, 0.2) is 30.3 Å². The van der Waals surface area contributed by atoms with Crippen LogP contribution in [0.25, 0.3) is 22.2 Å². The van der Waals surface area contributed by atoms with Crippen molar-refractivity contribution < 1.29 is 22.7 Å². The van der Waals surface area contributed by atoms with Gasteiger partial charge in [0.15, 0.2) is 5.69 Å². The van der Waals surface area contributed by atoms with E-state index in [1.54, 1.807) is 11.8 Å². The fraction of sp³-hybridized carbons (Fsp3) is 0.500. The number of benzene rings is 1. The van der Waals surface area contributed by atoms with Crippen molar-refractivity contribution in [3.63, 3.8) is 0 Å². The van der Waals surface area contributed by atoms with E-state index >= 15 is 0 Å². The van der Waals surface area contributed by atoms with Crippen LogP contribution in [-0.2, 0) is 17.5 Å². The second-order valence-electron chi connectivity index (χ2n) is 9.50. The molecule has 0 bridgehead atoms. The van der Waals surface area contributed by atoms with Crippen molar-refractivity contribution in [3.8, 4) is 11.3 Å². The fourth-order valence-corrected chi connectivity index (χ4v) is 4.26. The van der Waals surface area contributed by atoms with Crippen molar-refractivity contribution >= 4 is 17.0 Å². The molecule has 6 nitrogen and oxygen atoms in total. The molecular formula is C24H29F3N4O2. The third-order valence-electron chi connectivity index (χ3n) is 5.89. The van der Waals surface area contributed by atoms with E-state index in [9.17, 15) is 18.0 Å². The molecule has 0 atom stereocenters. The highest BCUT2D eigenvalue weighted by Crippen LogP contribution is 2.35. The number of nitrogens with zero attached hydrogens (tertiary/aromatic N) is 3. The number of amides is 1. The van der Waals surface area contributed by atoms with Gasteiger partial charge in [-0.2, -0.15) is 18.3 Å². The Kier molecular flexibility index (Phi) is 5.92.